The molecule has 0 fully saturated rings. The first-order chi connectivity index (χ1) is 17.6. The lowest BCUT2D eigenvalue weighted by molar-refractivity contribution is -0.140. The SMILES string of the molecule is CC[C@H](C(=O)N[C@@H](C)CC)N(Cc1ccccc1Cl)C(=O)CN(c1ccc2c(c1)OCO2)S(=O)(=O)CC. The molecule has 0 aromatic heterocycles. The number of ether oxygens (including phenoxy) is 2. The van der Waals surface area contributed by atoms with Gasteiger partial charge in [0.15, 0.2) is 11.5 Å². The van der Waals surface area contributed by atoms with Gasteiger partial charge in [-0.15, -0.1) is 0 Å². The predicted octanol–water partition coefficient (Wildman–Crippen LogP) is 3.95. The van der Waals surface area contributed by atoms with Gasteiger partial charge in [-0.25, -0.2) is 8.42 Å². The monoisotopic (exact) mass is 551 g/mol. The fraction of sp³-hybridized carbons (Fsp3) is 0.462. The Balaban J connectivity index is 1.98. The molecule has 202 valence electrons. The van der Waals surface area contributed by atoms with Gasteiger partial charge in [-0.3, -0.25) is 13.9 Å². The molecule has 0 saturated heterocycles. The van der Waals surface area contributed by atoms with Gasteiger partial charge in [-0.1, -0.05) is 43.6 Å². The van der Waals surface area contributed by atoms with E-state index in [-0.39, 0.29) is 36.7 Å². The summed E-state index contributed by atoms with van der Waals surface area (Å²) in [7, 11) is -3.85. The summed E-state index contributed by atoms with van der Waals surface area (Å²) >= 11 is 6.39. The summed E-state index contributed by atoms with van der Waals surface area (Å²) in [6.45, 7) is 6.76. The number of benzene rings is 2. The second-order valence-corrected chi connectivity index (χ2v) is 11.4. The largest absolute Gasteiger partial charge is 0.454 e. The molecule has 11 heteroatoms. The Morgan fingerprint density at radius 3 is 2.41 bits per heavy atom. The van der Waals surface area contributed by atoms with Crippen LogP contribution in [0.3, 0.4) is 0 Å². The number of carbonyl (C=O) groups excluding carboxylic acids is 2. The van der Waals surface area contributed by atoms with Crippen LogP contribution in [0.2, 0.25) is 5.02 Å². The molecule has 1 aliphatic heterocycles. The molecule has 1 aliphatic rings. The summed E-state index contributed by atoms with van der Waals surface area (Å²) in [6.07, 6.45) is 1.07. The Labute approximate surface area is 223 Å². The van der Waals surface area contributed by atoms with Gasteiger partial charge in [-0.05, 0) is 50.5 Å². The van der Waals surface area contributed by atoms with Crippen LogP contribution < -0.4 is 19.1 Å². The molecule has 0 spiro atoms. The van der Waals surface area contributed by atoms with E-state index < -0.39 is 28.5 Å². The summed E-state index contributed by atoms with van der Waals surface area (Å²) < 4.78 is 38.0. The molecule has 1 N–H and O–H groups in total. The first kappa shape index (κ1) is 28.6. The molecular weight excluding hydrogens is 518 g/mol. The first-order valence-electron chi connectivity index (χ1n) is 12.3. The Hall–Kier alpha value is -2.98. The molecule has 1 heterocycles. The third-order valence-electron chi connectivity index (χ3n) is 6.31. The van der Waals surface area contributed by atoms with Gasteiger partial charge >= 0.3 is 0 Å². The second kappa shape index (κ2) is 12.5. The number of sulfonamides is 1. The molecule has 0 radical (unpaired) electrons. The van der Waals surface area contributed by atoms with Gasteiger partial charge in [0, 0.05) is 23.7 Å². The number of hydrogen-bond acceptors (Lipinski definition) is 6. The number of nitrogens with zero attached hydrogens (tertiary/aromatic N) is 2. The van der Waals surface area contributed by atoms with Crippen molar-refractivity contribution in [3.8, 4) is 11.5 Å². The third kappa shape index (κ3) is 6.87. The van der Waals surface area contributed by atoms with Crippen molar-refractivity contribution in [2.24, 2.45) is 0 Å². The Morgan fingerprint density at radius 1 is 1.05 bits per heavy atom. The van der Waals surface area contributed by atoms with E-state index in [0.717, 1.165) is 10.7 Å². The van der Waals surface area contributed by atoms with E-state index in [4.69, 9.17) is 21.1 Å². The van der Waals surface area contributed by atoms with Crippen molar-refractivity contribution in [1.82, 2.24) is 10.2 Å². The number of nitrogens with one attached hydrogen (secondary N) is 1. The van der Waals surface area contributed by atoms with Gasteiger partial charge in [0.1, 0.15) is 12.6 Å². The summed E-state index contributed by atoms with van der Waals surface area (Å²) in [5.74, 6) is -0.151. The molecule has 3 rings (SSSR count). The van der Waals surface area contributed by atoms with Crippen molar-refractivity contribution in [3.05, 3.63) is 53.1 Å². The maximum atomic E-state index is 13.8. The highest BCUT2D eigenvalue weighted by molar-refractivity contribution is 7.92. The highest BCUT2D eigenvalue weighted by Crippen LogP contribution is 2.36. The average molecular weight is 552 g/mol. The van der Waals surface area contributed by atoms with Crippen LogP contribution in [0.1, 0.15) is 46.1 Å². The summed E-state index contributed by atoms with van der Waals surface area (Å²) in [5.41, 5.74) is 0.925. The lowest BCUT2D eigenvalue weighted by atomic mass is 10.1. The van der Waals surface area contributed by atoms with E-state index in [9.17, 15) is 18.0 Å². The number of anilines is 1. The van der Waals surface area contributed by atoms with E-state index in [0.29, 0.717) is 28.5 Å². The number of carbonyl (C=O) groups is 2. The van der Waals surface area contributed by atoms with E-state index >= 15 is 0 Å². The smallest absolute Gasteiger partial charge is 0.244 e. The molecule has 9 nitrogen and oxygen atoms in total. The van der Waals surface area contributed by atoms with E-state index in [1.54, 1.807) is 36.4 Å². The maximum absolute atomic E-state index is 13.8. The van der Waals surface area contributed by atoms with E-state index in [2.05, 4.69) is 5.32 Å². The van der Waals surface area contributed by atoms with Gasteiger partial charge in [0.2, 0.25) is 28.6 Å². The van der Waals surface area contributed by atoms with Gasteiger partial charge in [0.25, 0.3) is 0 Å². The number of rotatable bonds is 12. The summed E-state index contributed by atoms with van der Waals surface area (Å²) in [4.78, 5) is 28.4. The molecule has 37 heavy (non-hydrogen) atoms. The van der Waals surface area contributed by atoms with Crippen LogP contribution in [0.15, 0.2) is 42.5 Å². The van der Waals surface area contributed by atoms with E-state index in [1.165, 1.54) is 17.9 Å². The molecule has 0 unspecified atom stereocenters. The topological polar surface area (TPSA) is 105 Å². The number of fused-ring (bicyclic) bond motifs is 1. The van der Waals surface area contributed by atoms with Crippen LogP contribution in [-0.4, -0.2) is 56.3 Å². The molecule has 2 aromatic carbocycles. The van der Waals surface area contributed by atoms with Gasteiger partial charge < -0.3 is 19.7 Å². The fourth-order valence-corrected chi connectivity index (χ4v) is 5.18. The minimum absolute atomic E-state index is 0.0351. The fourth-order valence-electron chi connectivity index (χ4n) is 3.93. The average Bonchev–Trinajstić information content (AvgIpc) is 3.35. The minimum atomic E-state index is -3.85. The third-order valence-corrected chi connectivity index (χ3v) is 8.42. The Morgan fingerprint density at radius 2 is 1.76 bits per heavy atom. The lowest BCUT2D eigenvalue weighted by Crippen LogP contribution is -2.53. The number of hydrogen-bond donors (Lipinski definition) is 1. The molecule has 0 bridgehead atoms. The molecule has 0 saturated carbocycles. The number of halogens is 1. The first-order valence-corrected chi connectivity index (χ1v) is 14.3. The van der Waals surface area contributed by atoms with E-state index in [1.807, 2.05) is 20.8 Å². The molecular formula is C26H34ClN3O6S. The zero-order valence-electron chi connectivity index (χ0n) is 21.6. The quantitative estimate of drug-likeness (QED) is 0.428. The summed E-state index contributed by atoms with van der Waals surface area (Å²) in [6, 6.07) is 10.9. The van der Waals surface area contributed by atoms with Gasteiger partial charge in [0.05, 0.1) is 11.4 Å². The van der Waals surface area contributed by atoms with Crippen LogP contribution in [0.25, 0.3) is 0 Å². The van der Waals surface area contributed by atoms with Crippen molar-refractivity contribution in [1.29, 1.82) is 0 Å². The van der Waals surface area contributed by atoms with Crippen LogP contribution in [0, 0.1) is 0 Å². The highest BCUT2D eigenvalue weighted by Gasteiger charge is 2.33. The normalized spacial score (nSPS) is 14.1. The van der Waals surface area contributed by atoms with Crippen molar-refractivity contribution >= 4 is 39.1 Å². The lowest BCUT2D eigenvalue weighted by Gasteiger charge is -2.33. The van der Waals surface area contributed by atoms with Crippen LogP contribution in [-0.2, 0) is 26.2 Å². The Bertz CT molecular complexity index is 1220. The van der Waals surface area contributed by atoms with Gasteiger partial charge in [-0.2, -0.15) is 0 Å². The van der Waals surface area contributed by atoms with Crippen LogP contribution >= 0.6 is 11.6 Å². The predicted molar refractivity (Wildman–Crippen MR) is 143 cm³/mol. The van der Waals surface area contributed by atoms with Crippen molar-refractivity contribution in [2.45, 2.75) is 59.2 Å². The highest BCUT2D eigenvalue weighted by atomic mass is 35.5. The number of amides is 2. The maximum Gasteiger partial charge on any atom is 0.244 e. The Kier molecular flexibility index (Phi) is 9.67. The van der Waals surface area contributed by atoms with Crippen LogP contribution in [0.5, 0.6) is 11.5 Å². The van der Waals surface area contributed by atoms with Crippen LogP contribution in [0.4, 0.5) is 5.69 Å². The zero-order chi connectivity index (χ0) is 27.2. The van der Waals surface area contributed by atoms with Crippen molar-refractivity contribution in [3.63, 3.8) is 0 Å². The summed E-state index contributed by atoms with van der Waals surface area (Å²) in [5, 5.41) is 3.39. The molecule has 0 aliphatic carbocycles. The zero-order valence-corrected chi connectivity index (χ0v) is 23.1. The molecule has 2 aromatic rings. The minimum Gasteiger partial charge on any atom is -0.454 e. The molecule has 2 amide bonds. The van der Waals surface area contributed by atoms with Crippen molar-refractivity contribution < 1.29 is 27.5 Å². The standard InChI is InChI=1S/C26H34ClN3O6S/c1-5-18(4)28-26(32)22(6-2)29(15-19-10-8-9-11-21(19)27)25(31)16-30(37(33,34)7-3)20-12-13-23-24(14-20)36-17-35-23/h8-14,18,22H,5-7,15-17H2,1-4H3,(H,28,32)/t18-,22+/m0/s1. The molecule has 2 atom stereocenters. The second-order valence-electron chi connectivity index (χ2n) is 8.80. The van der Waals surface area contributed by atoms with Crippen molar-refractivity contribution in [2.75, 3.05) is 23.4 Å².